The van der Waals surface area contributed by atoms with Crippen molar-refractivity contribution >= 4 is 5.97 Å². The standard InChI is InChI=1S/C15H24O3/c1-10-5-6-12(15(2,3)7-4-8-16)13-11(10)9-18-14(13)17/h11-13,16H,1,4-9H2,2-3H3/t11?,12-,13?/m1/s1. The molecule has 102 valence electrons. The van der Waals surface area contributed by atoms with E-state index in [0.717, 1.165) is 25.7 Å². The highest BCUT2D eigenvalue weighted by Crippen LogP contribution is 2.50. The SMILES string of the molecule is C=C1CC[C@@H](C(C)(C)CCCO)C2C(=O)OCC12. The monoisotopic (exact) mass is 252 g/mol. The topological polar surface area (TPSA) is 46.5 Å². The van der Waals surface area contributed by atoms with E-state index in [0.29, 0.717) is 12.5 Å². The summed E-state index contributed by atoms with van der Waals surface area (Å²) in [6, 6.07) is 0. The zero-order valence-corrected chi connectivity index (χ0v) is 11.4. The number of ether oxygens (including phenoxy) is 1. The first-order valence-electron chi connectivity index (χ1n) is 6.92. The van der Waals surface area contributed by atoms with E-state index in [2.05, 4.69) is 20.4 Å². The minimum absolute atomic E-state index is 0.0000529. The first-order valence-corrected chi connectivity index (χ1v) is 6.92. The van der Waals surface area contributed by atoms with Crippen LogP contribution in [0.4, 0.5) is 0 Å². The zero-order chi connectivity index (χ0) is 13.3. The molecule has 0 radical (unpaired) electrons. The number of carbonyl (C=O) groups excluding carboxylic acids is 1. The third kappa shape index (κ3) is 2.33. The second-order valence-corrected chi connectivity index (χ2v) is 6.38. The van der Waals surface area contributed by atoms with Gasteiger partial charge in [0.05, 0.1) is 12.5 Å². The third-order valence-corrected chi connectivity index (χ3v) is 4.83. The number of cyclic esters (lactones) is 1. The van der Waals surface area contributed by atoms with Crippen molar-refractivity contribution in [3.63, 3.8) is 0 Å². The molecule has 2 unspecified atom stereocenters. The normalized spacial score (nSPS) is 32.3. The lowest BCUT2D eigenvalue weighted by Crippen LogP contribution is -2.39. The quantitative estimate of drug-likeness (QED) is 0.618. The van der Waals surface area contributed by atoms with Gasteiger partial charge in [-0.3, -0.25) is 4.79 Å². The van der Waals surface area contributed by atoms with Crippen molar-refractivity contribution in [2.24, 2.45) is 23.2 Å². The van der Waals surface area contributed by atoms with Crippen LogP contribution in [0, 0.1) is 23.2 Å². The van der Waals surface area contributed by atoms with Gasteiger partial charge in [0, 0.05) is 12.5 Å². The van der Waals surface area contributed by atoms with Gasteiger partial charge in [0.15, 0.2) is 0 Å². The number of fused-ring (bicyclic) bond motifs is 1. The summed E-state index contributed by atoms with van der Waals surface area (Å²) in [5, 5.41) is 9.00. The fraction of sp³-hybridized carbons (Fsp3) is 0.800. The molecule has 0 aromatic heterocycles. The maximum absolute atomic E-state index is 12.0. The highest BCUT2D eigenvalue weighted by atomic mass is 16.5. The number of aliphatic hydroxyl groups excluding tert-OH is 1. The number of aliphatic hydroxyl groups is 1. The van der Waals surface area contributed by atoms with Crippen LogP contribution in [0.2, 0.25) is 0 Å². The zero-order valence-electron chi connectivity index (χ0n) is 11.4. The molecule has 3 heteroatoms. The van der Waals surface area contributed by atoms with Gasteiger partial charge in [-0.1, -0.05) is 26.0 Å². The lowest BCUT2D eigenvalue weighted by molar-refractivity contribution is -0.144. The molecule has 1 heterocycles. The summed E-state index contributed by atoms with van der Waals surface area (Å²) in [6.07, 6.45) is 3.78. The molecular weight excluding hydrogens is 228 g/mol. The molecule has 0 spiro atoms. The fourth-order valence-corrected chi connectivity index (χ4v) is 3.66. The fourth-order valence-electron chi connectivity index (χ4n) is 3.66. The van der Waals surface area contributed by atoms with Crippen LogP contribution in [-0.2, 0) is 9.53 Å². The summed E-state index contributed by atoms with van der Waals surface area (Å²) < 4.78 is 5.25. The lowest BCUT2D eigenvalue weighted by Gasteiger charge is -2.42. The van der Waals surface area contributed by atoms with Crippen molar-refractivity contribution in [3.05, 3.63) is 12.2 Å². The molecule has 18 heavy (non-hydrogen) atoms. The van der Waals surface area contributed by atoms with E-state index in [4.69, 9.17) is 9.84 Å². The smallest absolute Gasteiger partial charge is 0.309 e. The molecule has 1 saturated heterocycles. The Hall–Kier alpha value is -0.830. The van der Waals surface area contributed by atoms with Crippen LogP contribution in [0.3, 0.4) is 0 Å². The Kier molecular flexibility index (Phi) is 3.81. The first-order chi connectivity index (χ1) is 8.47. The second kappa shape index (κ2) is 5.04. The van der Waals surface area contributed by atoms with Crippen molar-refractivity contribution in [2.75, 3.05) is 13.2 Å². The molecular formula is C15H24O3. The Bertz CT molecular complexity index is 346. The van der Waals surface area contributed by atoms with Crippen LogP contribution in [0.15, 0.2) is 12.2 Å². The molecule has 3 atom stereocenters. The van der Waals surface area contributed by atoms with Gasteiger partial charge in [0.2, 0.25) is 0 Å². The van der Waals surface area contributed by atoms with E-state index in [-0.39, 0.29) is 29.8 Å². The van der Waals surface area contributed by atoms with Crippen molar-refractivity contribution < 1.29 is 14.6 Å². The van der Waals surface area contributed by atoms with Gasteiger partial charge < -0.3 is 9.84 Å². The van der Waals surface area contributed by atoms with E-state index in [1.165, 1.54) is 5.57 Å². The summed E-state index contributed by atoms with van der Waals surface area (Å²) in [4.78, 5) is 12.0. The van der Waals surface area contributed by atoms with E-state index in [1.54, 1.807) is 0 Å². The molecule has 3 nitrogen and oxygen atoms in total. The van der Waals surface area contributed by atoms with E-state index < -0.39 is 0 Å². The van der Waals surface area contributed by atoms with Crippen LogP contribution in [-0.4, -0.2) is 24.3 Å². The molecule has 0 bridgehead atoms. The van der Waals surface area contributed by atoms with E-state index in [1.807, 2.05) is 0 Å². The Morgan fingerprint density at radius 3 is 2.89 bits per heavy atom. The molecule has 0 amide bonds. The van der Waals surface area contributed by atoms with E-state index >= 15 is 0 Å². The molecule has 0 aromatic rings. The molecule has 1 N–H and O–H groups in total. The molecule has 1 aliphatic carbocycles. The van der Waals surface area contributed by atoms with Crippen LogP contribution in [0.25, 0.3) is 0 Å². The summed E-state index contributed by atoms with van der Waals surface area (Å²) >= 11 is 0. The molecule has 2 aliphatic rings. The molecule has 2 fully saturated rings. The van der Waals surface area contributed by atoms with Crippen molar-refractivity contribution in [2.45, 2.75) is 39.5 Å². The van der Waals surface area contributed by atoms with Gasteiger partial charge >= 0.3 is 5.97 Å². The maximum atomic E-state index is 12.0. The van der Waals surface area contributed by atoms with Crippen molar-refractivity contribution in [1.29, 1.82) is 0 Å². The summed E-state index contributed by atoms with van der Waals surface area (Å²) in [5.41, 5.74) is 1.26. The van der Waals surface area contributed by atoms with Crippen LogP contribution in [0.1, 0.15) is 39.5 Å². The Labute approximate surface area is 109 Å². The van der Waals surface area contributed by atoms with Gasteiger partial charge in [0.25, 0.3) is 0 Å². The molecule has 0 aromatic carbocycles. The van der Waals surface area contributed by atoms with Gasteiger partial charge in [-0.15, -0.1) is 0 Å². The Balaban J connectivity index is 2.16. The van der Waals surface area contributed by atoms with Crippen molar-refractivity contribution in [3.8, 4) is 0 Å². The van der Waals surface area contributed by atoms with Crippen LogP contribution in [0.5, 0.6) is 0 Å². The predicted octanol–water partition coefficient (Wildman–Crippen LogP) is 2.54. The maximum Gasteiger partial charge on any atom is 0.309 e. The minimum atomic E-state index is -0.0390. The Morgan fingerprint density at radius 2 is 2.22 bits per heavy atom. The highest BCUT2D eigenvalue weighted by molar-refractivity contribution is 5.76. The van der Waals surface area contributed by atoms with Gasteiger partial charge in [0.1, 0.15) is 0 Å². The summed E-state index contributed by atoms with van der Waals surface area (Å²) in [5.74, 6) is 0.544. The van der Waals surface area contributed by atoms with Gasteiger partial charge in [-0.25, -0.2) is 0 Å². The van der Waals surface area contributed by atoms with Gasteiger partial charge in [-0.2, -0.15) is 0 Å². The average molecular weight is 252 g/mol. The largest absolute Gasteiger partial charge is 0.465 e. The van der Waals surface area contributed by atoms with Crippen molar-refractivity contribution in [1.82, 2.24) is 0 Å². The molecule has 1 aliphatic heterocycles. The Morgan fingerprint density at radius 1 is 1.50 bits per heavy atom. The summed E-state index contributed by atoms with van der Waals surface area (Å²) in [6.45, 7) is 9.27. The van der Waals surface area contributed by atoms with Crippen LogP contribution >= 0.6 is 0 Å². The number of hydrogen-bond acceptors (Lipinski definition) is 3. The summed E-state index contributed by atoms with van der Waals surface area (Å²) in [7, 11) is 0. The second-order valence-electron chi connectivity index (χ2n) is 6.38. The van der Waals surface area contributed by atoms with Gasteiger partial charge in [-0.05, 0) is 37.0 Å². The number of esters is 1. The molecule has 1 saturated carbocycles. The lowest BCUT2D eigenvalue weighted by atomic mass is 9.60. The number of hydrogen-bond donors (Lipinski definition) is 1. The minimum Gasteiger partial charge on any atom is -0.465 e. The third-order valence-electron chi connectivity index (χ3n) is 4.83. The average Bonchev–Trinajstić information content (AvgIpc) is 2.70. The molecule has 2 rings (SSSR count). The first kappa shape index (κ1) is 13.6. The number of carbonyl (C=O) groups is 1. The van der Waals surface area contributed by atoms with E-state index in [9.17, 15) is 4.79 Å². The highest BCUT2D eigenvalue weighted by Gasteiger charge is 2.50. The predicted molar refractivity (Wildman–Crippen MR) is 69.9 cm³/mol. The van der Waals surface area contributed by atoms with Crippen LogP contribution < -0.4 is 0 Å². The number of rotatable bonds is 4.